The minimum absolute atomic E-state index is 0.0802. The summed E-state index contributed by atoms with van der Waals surface area (Å²) in [5, 5.41) is 5.44. The van der Waals surface area contributed by atoms with Crippen LogP contribution in [0.25, 0.3) is 0 Å². The Morgan fingerprint density at radius 3 is 2.44 bits per heavy atom. The Kier molecular flexibility index (Phi) is 3.28. The maximum absolute atomic E-state index is 12.4. The summed E-state index contributed by atoms with van der Waals surface area (Å²) >= 11 is 0. The monoisotopic (exact) mass is 244 g/mol. The van der Waals surface area contributed by atoms with Crippen molar-refractivity contribution in [3.8, 4) is 0 Å². The van der Waals surface area contributed by atoms with Gasteiger partial charge in [0.1, 0.15) is 5.92 Å². The molecule has 0 N–H and O–H groups in total. The van der Waals surface area contributed by atoms with Gasteiger partial charge in [-0.3, -0.25) is 9.59 Å². The number of hydrogen-bond acceptors (Lipinski definition) is 3. The molecule has 94 valence electrons. The molecule has 0 bridgehead atoms. The van der Waals surface area contributed by atoms with Crippen molar-refractivity contribution in [1.29, 1.82) is 0 Å². The molecule has 1 aromatic rings. The molecule has 4 nitrogen and oxygen atoms in total. The third kappa shape index (κ3) is 2.06. The van der Waals surface area contributed by atoms with Gasteiger partial charge >= 0.3 is 0 Å². The molecular formula is C14H16N2O2. The summed E-state index contributed by atoms with van der Waals surface area (Å²) in [4.78, 5) is 24.4. The van der Waals surface area contributed by atoms with Gasteiger partial charge in [-0.2, -0.15) is 5.10 Å². The number of amides is 1. The molecule has 0 spiro atoms. The van der Waals surface area contributed by atoms with Gasteiger partial charge in [0.05, 0.1) is 5.71 Å². The van der Waals surface area contributed by atoms with Crippen molar-refractivity contribution in [2.75, 3.05) is 7.05 Å². The Hall–Kier alpha value is -1.97. The lowest BCUT2D eigenvalue weighted by Gasteiger charge is -2.12. The van der Waals surface area contributed by atoms with Crippen LogP contribution >= 0.6 is 0 Å². The molecule has 1 atom stereocenters. The van der Waals surface area contributed by atoms with Crippen molar-refractivity contribution in [3.63, 3.8) is 0 Å². The quantitative estimate of drug-likeness (QED) is 0.603. The van der Waals surface area contributed by atoms with Crippen molar-refractivity contribution in [2.45, 2.75) is 13.8 Å². The van der Waals surface area contributed by atoms with E-state index < -0.39 is 5.92 Å². The minimum Gasteiger partial charge on any atom is -0.293 e. The van der Waals surface area contributed by atoms with E-state index in [9.17, 15) is 9.59 Å². The molecule has 0 fully saturated rings. The molecule has 0 radical (unpaired) electrons. The van der Waals surface area contributed by atoms with Gasteiger partial charge in [0.15, 0.2) is 5.78 Å². The molecule has 4 heteroatoms. The van der Waals surface area contributed by atoms with Crippen LogP contribution < -0.4 is 0 Å². The number of hydrazone groups is 1. The fourth-order valence-corrected chi connectivity index (χ4v) is 2.06. The zero-order valence-corrected chi connectivity index (χ0v) is 10.8. The van der Waals surface area contributed by atoms with E-state index in [-0.39, 0.29) is 17.6 Å². The Bertz CT molecular complexity index is 506. The highest BCUT2D eigenvalue weighted by Crippen LogP contribution is 2.23. The SMILES string of the molecule is CC(C)C1=NN(C)C(=O)C1C(=O)c1ccccc1. The first-order valence-corrected chi connectivity index (χ1v) is 5.97. The summed E-state index contributed by atoms with van der Waals surface area (Å²) in [5.74, 6) is -1.08. The van der Waals surface area contributed by atoms with Crippen LogP contribution in [0.5, 0.6) is 0 Å². The van der Waals surface area contributed by atoms with Crippen molar-refractivity contribution >= 4 is 17.4 Å². The maximum atomic E-state index is 12.4. The van der Waals surface area contributed by atoms with Crippen LogP contribution in [0.15, 0.2) is 35.4 Å². The van der Waals surface area contributed by atoms with Crippen LogP contribution in [0.2, 0.25) is 0 Å². The second kappa shape index (κ2) is 4.72. The highest BCUT2D eigenvalue weighted by molar-refractivity contribution is 6.27. The third-order valence-corrected chi connectivity index (χ3v) is 3.04. The standard InChI is InChI=1S/C14H16N2O2/c1-9(2)12-11(14(18)16(3)15-12)13(17)10-7-5-4-6-8-10/h4-9,11H,1-3H3. The second-order valence-corrected chi connectivity index (χ2v) is 4.70. The Labute approximate surface area is 106 Å². The second-order valence-electron chi connectivity index (χ2n) is 4.70. The molecule has 1 aromatic carbocycles. The number of rotatable bonds is 3. The van der Waals surface area contributed by atoms with E-state index in [1.54, 1.807) is 31.3 Å². The fourth-order valence-electron chi connectivity index (χ4n) is 2.06. The zero-order chi connectivity index (χ0) is 13.3. The van der Waals surface area contributed by atoms with Crippen LogP contribution in [0, 0.1) is 11.8 Å². The Morgan fingerprint density at radius 1 is 1.28 bits per heavy atom. The van der Waals surface area contributed by atoms with Crippen molar-refractivity contribution in [3.05, 3.63) is 35.9 Å². The normalized spacial score (nSPS) is 19.3. The number of carbonyl (C=O) groups is 2. The minimum atomic E-state index is -0.752. The van der Waals surface area contributed by atoms with E-state index in [2.05, 4.69) is 5.10 Å². The molecule has 0 aromatic heterocycles. The van der Waals surface area contributed by atoms with E-state index in [1.807, 2.05) is 19.9 Å². The lowest BCUT2D eigenvalue weighted by molar-refractivity contribution is -0.129. The molecule has 1 aliphatic rings. The molecule has 1 amide bonds. The van der Waals surface area contributed by atoms with Crippen LogP contribution in [0.4, 0.5) is 0 Å². The van der Waals surface area contributed by atoms with E-state index in [4.69, 9.17) is 0 Å². The molecule has 0 saturated heterocycles. The first-order chi connectivity index (χ1) is 8.52. The lowest BCUT2D eigenvalue weighted by atomic mass is 9.88. The number of nitrogens with zero attached hydrogens (tertiary/aromatic N) is 2. The van der Waals surface area contributed by atoms with Crippen LogP contribution in [-0.2, 0) is 4.79 Å². The largest absolute Gasteiger partial charge is 0.293 e. The number of Topliss-reactive ketones (excluding diaryl/α,β-unsaturated/α-hetero) is 1. The van der Waals surface area contributed by atoms with Gasteiger partial charge in [-0.25, -0.2) is 5.01 Å². The van der Waals surface area contributed by atoms with Gasteiger partial charge in [0.2, 0.25) is 0 Å². The van der Waals surface area contributed by atoms with E-state index >= 15 is 0 Å². The van der Waals surface area contributed by atoms with Crippen molar-refractivity contribution < 1.29 is 9.59 Å². The Morgan fingerprint density at radius 2 is 1.89 bits per heavy atom. The van der Waals surface area contributed by atoms with E-state index in [0.29, 0.717) is 11.3 Å². The fraction of sp³-hybridized carbons (Fsp3) is 0.357. The van der Waals surface area contributed by atoms with Gasteiger partial charge < -0.3 is 0 Å². The topological polar surface area (TPSA) is 49.7 Å². The molecule has 0 saturated carbocycles. The van der Waals surface area contributed by atoms with Gasteiger partial charge in [0.25, 0.3) is 5.91 Å². The molecule has 1 unspecified atom stereocenters. The zero-order valence-electron chi connectivity index (χ0n) is 10.8. The third-order valence-electron chi connectivity index (χ3n) is 3.04. The van der Waals surface area contributed by atoms with Gasteiger partial charge in [0, 0.05) is 12.6 Å². The summed E-state index contributed by atoms with van der Waals surface area (Å²) in [6.07, 6.45) is 0. The molecule has 2 rings (SSSR count). The predicted molar refractivity (Wildman–Crippen MR) is 69.3 cm³/mol. The smallest absolute Gasteiger partial charge is 0.259 e. The number of hydrogen-bond donors (Lipinski definition) is 0. The van der Waals surface area contributed by atoms with Crippen LogP contribution in [0.3, 0.4) is 0 Å². The van der Waals surface area contributed by atoms with Crippen LogP contribution in [0.1, 0.15) is 24.2 Å². The number of ketones is 1. The summed E-state index contributed by atoms with van der Waals surface area (Å²) < 4.78 is 0. The average Bonchev–Trinajstić information content (AvgIpc) is 2.66. The highest BCUT2D eigenvalue weighted by atomic mass is 16.2. The summed E-state index contributed by atoms with van der Waals surface area (Å²) in [6, 6.07) is 8.89. The van der Waals surface area contributed by atoms with Gasteiger partial charge in [-0.15, -0.1) is 0 Å². The van der Waals surface area contributed by atoms with E-state index in [1.165, 1.54) is 5.01 Å². The number of benzene rings is 1. The maximum Gasteiger partial charge on any atom is 0.259 e. The van der Waals surface area contributed by atoms with Crippen LogP contribution in [-0.4, -0.2) is 29.5 Å². The highest BCUT2D eigenvalue weighted by Gasteiger charge is 2.40. The molecular weight excluding hydrogens is 228 g/mol. The van der Waals surface area contributed by atoms with Crippen molar-refractivity contribution in [1.82, 2.24) is 5.01 Å². The van der Waals surface area contributed by atoms with E-state index in [0.717, 1.165) is 0 Å². The lowest BCUT2D eigenvalue weighted by Crippen LogP contribution is -2.33. The molecule has 18 heavy (non-hydrogen) atoms. The summed E-state index contributed by atoms with van der Waals surface area (Å²) in [7, 11) is 1.59. The first-order valence-electron chi connectivity index (χ1n) is 5.97. The Balaban J connectivity index is 2.35. The first kappa shape index (κ1) is 12.5. The summed E-state index contributed by atoms with van der Waals surface area (Å²) in [5.41, 5.74) is 1.20. The summed E-state index contributed by atoms with van der Waals surface area (Å²) in [6.45, 7) is 3.88. The van der Waals surface area contributed by atoms with Gasteiger partial charge in [-0.05, 0) is 5.92 Å². The van der Waals surface area contributed by atoms with Crippen molar-refractivity contribution in [2.24, 2.45) is 16.9 Å². The molecule has 1 aliphatic heterocycles. The van der Waals surface area contributed by atoms with Gasteiger partial charge in [-0.1, -0.05) is 44.2 Å². The average molecular weight is 244 g/mol. The molecule has 1 heterocycles. The molecule has 0 aliphatic carbocycles. The predicted octanol–water partition coefficient (Wildman–Crippen LogP) is 1.97. The number of carbonyl (C=O) groups excluding carboxylic acids is 2.